The first-order chi connectivity index (χ1) is 11.8. The van der Waals surface area contributed by atoms with E-state index >= 15 is 0 Å². The summed E-state index contributed by atoms with van der Waals surface area (Å²) in [5.74, 6) is -1.71. The van der Waals surface area contributed by atoms with Crippen molar-refractivity contribution in [1.29, 1.82) is 0 Å². The molecule has 0 fully saturated rings. The Morgan fingerprint density at radius 2 is 2.00 bits per heavy atom. The number of para-hydroxylation sites is 1. The highest BCUT2D eigenvalue weighted by Crippen LogP contribution is 2.36. The Bertz CT molecular complexity index is 818. The van der Waals surface area contributed by atoms with Crippen molar-refractivity contribution < 1.29 is 32.6 Å². The van der Waals surface area contributed by atoms with Gasteiger partial charge >= 0.3 is 12.1 Å². The van der Waals surface area contributed by atoms with Crippen LogP contribution in [-0.2, 0) is 11.0 Å². The molecule has 1 aliphatic rings. The van der Waals surface area contributed by atoms with Crippen LogP contribution in [0.25, 0.3) is 0 Å². The second-order valence-electron chi connectivity index (χ2n) is 5.32. The second-order valence-corrected chi connectivity index (χ2v) is 6.23. The standard InChI is InChI=1S/C16H12F3NO4S/c17-16(18,19)9-7-12(25-8-9)14(21)20-5-6-24-11-4-2-1-3-10(11)13(20)15(22)23/h1-4,7-8,13H,5-6H2,(H,22,23). The molecule has 1 aromatic carbocycles. The number of carboxylic acids is 1. The molecule has 132 valence electrons. The van der Waals surface area contributed by atoms with E-state index in [2.05, 4.69) is 0 Å². The van der Waals surface area contributed by atoms with Gasteiger partial charge in [0, 0.05) is 10.9 Å². The zero-order chi connectivity index (χ0) is 18.2. The molecule has 0 bridgehead atoms. The molecule has 0 saturated heterocycles. The number of rotatable bonds is 2. The van der Waals surface area contributed by atoms with Gasteiger partial charge in [0.05, 0.1) is 17.0 Å². The van der Waals surface area contributed by atoms with Crippen molar-refractivity contribution >= 4 is 23.2 Å². The SMILES string of the molecule is O=C(O)C1c2ccccc2OCCN1C(=O)c1cc(C(F)(F)F)cs1. The normalized spacial score (nSPS) is 17.4. The van der Waals surface area contributed by atoms with Crippen molar-refractivity contribution in [3.05, 3.63) is 51.7 Å². The lowest BCUT2D eigenvalue weighted by Crippen LogP contribution is -2.39. The molecule has 3 rings (SSSR count). The number of benzene rings is 1. The predicted molar refractivity (Wildman–Crippen MR) is 82.7 cm³/mol. The van der Waals surface area contributed by atoms with Crippen LogP contribution in [-0.4, -0.2) is 35.0 Å². The van der Waals surface area contributed by atoms with Gasteiger partial charge in [-0.15, -0.1) is 11.3 Å². The quantitative estimate of drug-likeness (QED) is 0.878. The van der Waals surface area contributed by atoms with Crippen molar-refractivity contribution in [3.8, 4) is 5.75 Å². The molecule has 1 aromatic heterocycles. The highest BCUT2D eigenvalue weighted by atomic mass is 32.1. The summed E-state index contributed by atoms with van der Waals surface area (Å²) in [5.41, 5.74) is -0.646. The number of alkyl halides is 3. The topological polar surface area (TPSA) is 66.8 Å². The molecule has 1 atom stereocenters. The monoisotopic (exact) mass is 371 g/mol. The zero-order valence-corrected chi connectivity index (χ0v) is 13.4. The minimum absolute atomic E-state index is 0.0457. The average molecular weight is 371 g/mol. The van der Waals surface area contributed by atoms with Crippen LogP contribution in [0.1, 0.15) is 26.8 Å². The maximum absolute atomic E-state index is 12.7. The average Bonchev–Trinajstić information content (AvgIpc) is 2.96. The van der Waals surface area contributed by atoms with Crippen LogP contribution in [0.15, 0.2) is 35.7 Å². The van der Waals surface area contributed by atoms with E-state index < -0.39 is 29.7 Å². The number of thiophene rings is 1. The van der Waals surface area contributed by atoms with Crippen molar-refractivity contribution in [2.75, 3.05) is 13.2 Å². The van der Waals surface area contributed by atoms with Crippen molar-refractivity contribution in [2.24, 2.45) is 0 Å². The van der Waals surface area contributed by atoms with Gasteiger partial charge in [-0.05, 0) is 12.1 Å². The van der Waals surface area contributed by atoms with Gasteiger partial charge in [0.15, 0.2) is 6.04 Å². The van der Waals surface area contributed by atoms with Crippen molar-refractivity contribution in [1.82, 2.24) is 4.90 Å². The van der Waals surface area contributed by atoms with Gasteiger partial charge in [0.25, 0.3) is 5.91 Å². The zero-order valence-electron chi connectivity index (χ0n) is 12.6. The number of hydrogen-bond donors (Lipinski definition) is 1. The summed E-state index contributed by atoms with van der Waals surface area (Å²) in [6.07, 6.45) is -4.56. The molecule has 25 heavy (non-hydrogen) atoms. The van der Waals surface area contributed by atoms with E-state index in [0.29, 0.717) is 17.1 Å². The lowest BCUT2D eigenvalue weighted by atomic mass is 10.0. The lowest BCUT2D eigenvalue weighted by Gasteiger charge is -2.26. The van der Waals surface area contributed by atoms with Crippen LogP contribution in [0.5, 0.6) is 5.75 Å². The van der Waals surface area contributed by atoms with Gasteiger partial charge in [-0.1, -0.05) is 18.2 Å². The van der Waals surface area contributed by atoms with Crippen LogP contribution in [0.4, 0.5) is 13.2 Å². The fourth-order valence-corrected chi connectivity index (χ4v) is 3.48. The Morgan fingerprint density at radius 3 is 2.64 bits per heavy atom. The van der Waals surface area contributed by atoms with Crippen molar-refractivity contribution in [3.63, 3.8) is 0 Å². The summed E-state index contributed by atoms with van der Waals surface area (Å²) in [6.45, 7) is -0.00618. The Hall–Kier alpha value is -2.55. The number of carbonyl (C=O) groups is 2. The second kappa shape index (κ2) is 6.40. The minimum atomic E-state index is -4.56. The molecule has 9 heteroatoms. The van der Waals surface area contributed by atoms with Crippen molar-refractivity contribution in [2.45, 2.75) is 12.2 Å². The largest absolute Gasteiger partial charge is 0.491 e. The molecule has 0 radical (unpaired) electrons. The van der Waals surface area contributed by atoms with E-state index in [0.717, 1.165) is 16.3 Å². The van der Waals surface area contributed by atoms with Crippen LogP contribution in [0.2, 0.25) is 0 Å². The van der Waals surface area contributed by atoms with Gasteiger partial charge in [0.2, 0.25) is 0 Å². The highest BCUT2D eigenvalue weighted by Gasteiger charge is 2.38. The van der Waals surface area contributed by atoms with E-state index in [9.17, 15) is 27.9 Å². The number of carbonyl (C=O) groups excluding carboxylic acids is 1. The van der Waals surface area contributed by atoms with Gasteiger partial charge in [-0.2, -0.15) is 13.2 Å². The number of aliphatic carboxylic acids is 1. The van der Waals surface area contributed by atoms with Gasteiger partial charge in [-0.3, -0.25) is 4.79 Å². The Labute approximate surface area is 144 Å². The maximum Gasteiger partial charge on any atom is 0.417 e. The first-order valence-electron chi connectivity index (χ1n) is 7.20. The van der Waals surface area contributed by atoms with E-state index in [4.69, 9.17) is 4.74 Å². The summed E-state index contributed by atoms with van der Waals surface area (Å²) in [6, 6.07) is 5.80. The van der Waals surface area contributed by atoms with E-state index in [-0.39, 0.29) is 23.6 Å². The lowest BCUT2D eigenvalue weighted by molar-refractivity contribution is -0.142. The summed E-state index contributed by atoms with van der Waals surface area (Å²) in [7, 11) is 0. The summed E-state index contributed by atoms with van der Waals surface area (Å²) < 4.78 is 43.7. The summed E-state index contributed by atoms with van der Waals surface area (Å²) in [4.78, 5) is 25.3. The summed E-state index contributed by atoms with van der Waals surface area (Å²) >= 11 is 0.635. The first kappa shape index (κ1) is 17.3. The predicted octanol–water partition coefficient (Wildman–Crippen LogP) is 3.43. The molecular weight excluding hydrogens is 359 g/mol. The van der Waals surface area contributed by atoms with Crippen LogP contribution < -0.4 is 4.74 Å². The molecule has 0 saturated carbocycles. The molecule has 1 unspecified atom stereocenters. The fourth-order valence-electron chi connectivity index (χ4n) is 2.61. The third kappa shape index (κ3) is 3.32. The number of halogens is 3. The van der Waals surface area contributed by atoms with E-state index in [1.807, 2.05) is 0 Å². The highest BCUT2D eigenvalue weighted by molar-refractivity contribution is 7.12. The van der Waals surface area contributed by atoms with Crippen LogP contribution >= 0.6 is 11.3 Å². The number of amides is 1. The number of nitrogens with zero attached hydrogens (tertiary/aromatic N) is 1. The van der Waals surface area contributed by atoms with Gasteiger partial charge in [-0.25, -0.2) is 4.79 Å². The molecule has 1 amide bonds. The molecule has 0 spiro atoms. The van der Waals surface area contributed by atoms with Gasteiger partial charge in [0.1, 0.15) is 12.4 Å². The third-order valence-electron chi connectivity index (χ3n) is 3.75. The molecule has 1 N–H and O–H groups in total. The molecule has 0 aliphatic carbocycles. The molecule has 1 aliphatic heterocycles. The molecule has 2 heterocycles. The van der Waals surface area contributed by atoms with E-state index in [1.165, 1.54) is 6.07 Å². The van der Waals surface area contributed by atoms with E-state index in [1.54, 1.807) is 18.2 Å². The number of carboxylic acid groups (broad SMARTS) is 1. The van der Waals surface area contributed by atoms with Crippen LogP contribution in [0.3, 0.4) is 0 Å². The minimum Gasteiger partial charge on any atom is -0.491 e. The third-order valence-corrected chi connectivity index (χ3v) is 4.67. The molecule has 5 nitrogen and oxygen atoms in total. The molecule has 2 aromatic rings. The first-order valence-corrected chi connectivity index (χ1v) is 8.08. The number of fused-ring (bicyclic) bond motifs is 1. The Kier molecular flexibility index (Phi) is 4.42. The van der Waals surface area contributed by atoms with Gasteiger partial charge < -0.3 is 14.7 Å². The Morgan fingerprint density at radius 1 is 1.28 bits per heavy atom. The fraction of sp³-hybridized carbons (Fsp3) is 0.250. The van der Waals surface area contributed by atoms with Crippen LogP contribution in [0, 0.1) is 0 Å². The number of ether oxygens (including phenoxy) is 1. The number of hydrogen-bond acceptors (Lipinski definition) is 4. The Balaban J connectivity index is 1.98. The molecular formula is C16H12F3NO4S. The maximum atomic E-state index is 12.7. The smallest absolute Gasteiger partial charge is 0.417 e. The summed E-state index contributed by atoms with van der Waals surface area (Å²) in [5, 5.41) is 10.4.